The lowest BCUT2D eigenvalue weighted by molar-refractivity contribution is -0.144. The molecule has 1 amide bonds. The van der Waals surface area contributed by atoms with Crippen LogP contribution in [0, 0.1) is 17.3 Å². The van der Waals surface area contributed by atoms with Gasteiger partial charge in [-0.15, -0.1) is 0 Å². The number of amides is 1. The van der Waals surface area contributed by atoms with Crippen LogP contribution in [0.1, 0.15) is 53.4 Å². The highest BCUT2D eigenvalue weighted by Gasteiger charge is 2.55. The molecular weight excluding hydrogens is 282 g/mol. The summed E-state index contributed by atoms with van der Waals surface area (Å²) in [5.74, 6) is 0.0195. The van der Waals surface area contributed by atoms with Gasteiger partial charge in [-0.3, -0.25) is 4.79 Å². The number of hydrogen-bond donors (Lipinski definition) is 2. The van der Waals surface area contributed by atoms with Gasteiger partial charge in [0, 0.05) is 12.0 Å². The summed E-state index contributed by atoms with van der Waals surface area (Å²) in [6.45, 7) is 7.93. The van der Waals surface area contributed by atoms with Gasteiger partial charge in [-0.05, 0) is 51.9 Å². The molecule has 124 valence electrons. The van der Waals surface area contributed by atoms with E-state index in [1.54, 1.807) is 0 Å². The first kappa shape index (κ1) is 16.8. The van der Waals surface area contributed by atoms with Gasteiger partial charge < -0.3 is 15.2 Å². The van der Waals surface area contributed by atoms with E-state index in [9.17, 15) is 14.7 Å². The molecular formula is C17H27NO4. The standard InChI is InChI=1S/C17H27NO4/c1-5-11-6-12-8-17(9-14(19)20,13(12)7-11)10-18-15(21)22-16(2,3)4/h7,12-13H,5-6,8-10H2,1-4H3,(H,18,21)(H,19,20)/t12-,13+,17-/m0/s1. The molecule has 5 nitrogen and oxygen atoms in total. The van der Waals surface area contributed by atoms with Crippen LogP contribution in [-0.4, -0.2) is 29.3 Å². The lowest BCUT2D eigenvalue weighted by Crippen LogP contribution is -2.53. The van der Waals surface area contributed by atoms with E-state index >= 15 is 0 Å². The van der Waals surface area contributed by atoms with Crippen LogP contribution in [0.3, 0.4) is 0 Å². The van der Waals surface area contributed by atoms with Crippen molar-refractivity contribution in [3.63, 3.8) is 0 Å². The molecule has 0 aromatic heterocycles. The van der Waals surface area contributed by atoms with E-state index in [1.807, 2.05) is 20.8 Å². The Labute approximate surface area is 132 Å². The number of rotatable bonds is 5. The Bertz CT molecular complexity index is 491. The number of aliphatic carboxylic acids is 1. The number of allylic oxidation sites excluding steroid dienone is 2. The average Bonchev–Trinajstić information content (AvgIpc) is 2.70. The van der Waals surface area contributed by atoms with Gasteiger partial charge in [-0.1, -0.05) is 18.6 Å². The molecule has 0 spiro atoms. The highest BCUT2D eigenvalue weighted by molar-refractivity contribution is 5.70. The molecule has 1 saturated carbocycles. The van der Waals surface area contributed by atoms with Gasteiger partial charge in [0.2, 0.25) is 0 Å². The first-order chi connectivity index (χ1) is 10.1. The van der Waals surface area contributed by atoms with Gasteiger partial charge in [-0.25, -0.2) is 4.79 Å². The largest absolute Gasteiger partial charge is 0.481 e. The fourth-order valence-electron chi connectivity index (χ4n) is 3.86. The van der Waals surface area contributed by atoms with Crippen LogP contribution in [0.15, 0.2) is 11.6 Å². The summed E-state index contributed by atoms with van der Waals surface area (Å²) in [6, 6.07) is 0. The van der Waals surface area contributed by atoms with E-state index in [0.717, 1.165) is 19.3 Å². The predicted octanol–water partition coefficient (Wildman–Crippen LogP) is 3.35. The third-order valence-corrected chi connectivity index (χ3v) is 4.76. The molecule has 5 heteroatoms. The first-order valence-electron chi connectivity index (χ1n) is 8.03. The smallest absolute Gasteiger partial charge is 0.407 e. The molecule has 22 heavy (non-hydrogen) atoms. The zero-order chi connectivity index (χ0) is 16.5. The monoisotopic (exact) mass is 309 g/mol. The van der Waals surface area contributed by atoms with Crippen LogP contribution < -0.4 is 5.32 Å². The molecule has 3 atom stereocenters. The molecule has 2 aliphatic rings. The van der Waals surface area contributed by atoms with Crippen molar-refractivity contribution in [2.45, 2.75) is 59.0 Å². The van der Waals surface area contributed by atoms with Crippen molar-refractivity contribution < 1.29 is 19.4 Å². The van der Waals surface area contributed by atoms with Gasteiger partial charge in [0.25, 0.3) is 0 Å². The van der Waals surface area contributed by atoms with E-state index in [0.29, 0.717) is 12.5 Å². The third kappa shape index (κ3) is 3.62. The molecule has 2 N–H and O–H groups in total. The molecule has 2 rings (SSSR count). The van der Waals surface area contributed by atoms with Gasteiger partial charge in [0.1, 0.15) is 5.60 Å². The van der Waals surface area contributed by atoms with Crippen LogP contribution in [0.2, 0.25) is 0 Å². The van der Waals surface area contributed by atoms with Crippen molar-refractivity contribution in [2.75, 3.05) is 6.54 Å². The summed E-state index contributed by atoms with van der Waals surface area (Å²) in [6.07, 6.45) is 4.83. The number of carbonyl (C=O) groups excluding carboxylic acids is 1. The quantitative estimate of drug-likeness (QED) is 0.764. The maximum absolute atomic E-state index is 11.8. The normalized spacial score (nSPS) is 30.1. The SMILES string of the molecule is CCC1=C[C@@H]2[C@@H](C1)C[C@@]2(CNC(=O)OC(C)(C)C)CC(=O)O. The maximum atomic E-state index is 11.8. The second kappa shape index (κ2) is 5.94. The first-order valence-corrected chi connectivity index (χ1v) is 8.03. The zero-order valence-electron chi connectivity index (χ0n) is 13.9. The second-order valence-corrected chi connectivity index (χ2v) is 7.66. The van der Waals surface area contributed by atoms with Gasteiger partial charge in [0.05, 0.1) is 6.42 Å². The molecule has 0 saturated heterocycles. The molecule has 0 aliphatic heterocycles. The molecule has 0 aromatic carbocycles. The van der Waals surface area contributed by atoms with Gasteiger partial charge in [-0.2, -0.15) is 0 Å². The number of fused-ring (bicyclic) bond motifs is 1. The summed E-state index contributed by atoms with van der Waals surface area (Å²) in [7, 11) is 0. The second-order valence-electron chi connectivity index (χ2n) is 7.66. The van der Waals surface area contributed by atoms with E-state index in [2.05, 4.69) is 18.3 Å². The van der Waals surface area contributed by atoms with Crippen molar-refractivity contribution >= 4 is 12.1 Å². The van der Waals surface area contributed by atoms with Crippen molar-refractivity contribution in [3.8, 4) is 0 Å². The molecule has 2 aliphatic carbocycles. The number of carboxylic acids is 1. The number of carbonyl (C=O) groups is 2. The summed E-state index contributed by atoms with van der Waals surface area (Å²) >= 11 is 0. The highest BCUT2D eigenvalue weighted by atomic mass is 16.6. The van der Waals surface area contributed by atoms with Crippen molar-refractivity contribution in [1.82, 2.24) is 5.32 Å². The fourth-order valence-corrected chi connectivity index (χ4v) is 3.86. The Hall–Kier alpha value is -1.52. The Balaban J connectivity index is 2.01. The Morgan fingerprint density at radius 3 is 2.68 bits per heavy atom. The molecule has 1 fully saturated rings. The maximum Gasteiger partial charge on any atom is 0.407 e. The fraction of sp³-hybridized carbons (Fsp3) is 0.765. The number of alkyl carbamates (subject to hydrolysis) is 1. The molecule has 0 radical (unpaired) electrons. The summed E-state index contributed by atoms with van der Waals surface area (Å²) < 4.78 is 5.25. The molecule has 0 heterocycles. The Morgan fingerprint density at radius 1 is 1.45 bits per heavy atom. The lowest BCUT2D eigenvalue weighted by Gasteiger charge is -2.51. The van der Waals surface area contributed by atoms with Gasteiger partial charge >= 0.3 is 12.1 Å². The number of hydrogen-bond acceptors (Lipinski definition) is 3. The van der Waals surface area contributed by atoms with E-state index in [-0.39, 0.29) is 17.8 Å². The van der Waals surface area contributed by atoms with Crippen molar-refractivity contribution in [2.24, 2.45) is 17.3 Å². The summed E-state index contributed by atoms with van der Waals surface area (Å²) in [5, 5.41) is 12.0. The van der Waals surface area contributed by atoms with E-state index in [1.165, 1.54) is 5.57 Å². The van der Waals surface area contributed by atoms with Gasteiger partial charge in [0.15, 0.2) is 0 Å². The van der Waals surface area contributed by atoms with Crippen molar-refractivity contribution in [3.05, 3.63) is 11.6 Å². The third-order valence-electron chi connectivity index (χ3n) is 4.76. The van der Waals surface area contributed by atoms with Crippen LogP contribution in [-0.2, 0) is 9.53 Å². The predicted molar refractivity (Wildman–Crippen MR) is 83.5 cm³/mol. The number of ether oxygens (including phenoxy) is 1. The van der Waals surface area contributed by atoms with E-state index < -0.39 is 17.7 Å². The summed E-state index contributed by atoms with van der Waals surface area (Å²) in [5.41, 5.74) is 0.513. The number of carboxylic acid groups (broad SMARTS) is 1. The van der Waals surface area contributed by atoms with Crippen LogP contribution in [0.25, 0.3) is 0 Å². The van der Waals surface area contributed by atoms with Crippen LogP contribution in [0.4, 0.5) is 4.79 Å². The highest BCUT2D eigenvalue weighted by Crippen LogP contribution is 2.59. The Morgan fingerprint density at radius 2 is 2.14 bits per heavy atom. The minimum Gasteiger partial charge on any atom is -0.481 e. The number of nitrogens with one attached hydrogen (secondary N) is 1. The topological polar surface area (TPSA) is 75.6 Å². The summed E-state index contributed by atoms with van der Waals surface area (Å²) in [4.78, 5) is 23.1. The lowest BCUT2D eigenvalue weighted by atomic mass is 9.53. The molecule has 0 bridgehead atoms. The molecule has 0 unspecified atom stereocenters. The molecule has 0 aromatic rings. The Kier molecular flexibility index (Phi) is 4.54. The average molecular weight is 309 g/mol. The van der Waals surface area contributed by atoms with Crippen LogP contribution >= 0.6 is 0 Å². The minimum absolute atomic E-state index is 0.0947. The van der Waals surface area contributed by atoms with Crippen LogP contribution in [0.5, 0.6) is 0 Å². The van der Waals surface area contributed by atoms with Crippen molar-refractivity contribution in [1.29, 1.82) is 0 Å². The van der Waals surface area contributed by atoms with E-state index in [4.69, 9.17) is 4.74 Å². The zero-order valence-corrected chi connectivity index (χ0v) is 13.9. The minimum atomic E-state index is -0.803.